The first kappa shape index (κ1) is 19.3. The van der Waals surface area contributed by atoms with Crippen molar-refractivity contribution in [1.82, 2.24) is 9.78 Å². The standard InChI is InChI=1S/C21H20ClFN4O2/c1-25(17-3-5-19(29-2)6-4-17)13-16-12-20-21(28)26(7-8-27(20)24-16)18-10-14(22)9-15(23)11-18/h3-6,9-12H,7-8,13H2,1-2H3. The molecule has 0 spiro atoms. The van der Waals surface area contributed by atoms with Crippen molar-refractivity contribution in [1.29, 1.82) is 0 Å². The van der Waals surface area contributed by atoms with Gasteiger partial charge < -0.3 is 14.5 Å². The van der Waals surface area contributed by atoms with Crippen LogP contribution in [0, 0.1) is 5.82 Å². The van der Waals surface area contributed by atoms with E-state index in [0.29, 0.717) is 31.0 Å². The number of hydrogen-bond donors (Lipinski definition) is 0. The minimum atomic E-state index is -0.471. The first-order chi connectivity index (χ1) is 13.9. The Balaban J connectivity index is 1.53. The Morgan fingerprint density at radius 3 is 2.62 bits per heavy atom. The van der Waals surface area contributed by atoms with E-state index in [0.717, 1.165) is 17.1 Å². The summed E-state index contributed by atoms with van der Waals surface area (Å²) in [6, 6.07) is 13.6. The number of methoxy groups -OCH3 is 1. The molecule has 0 bridgehead atoms. The number of halogens is 2. The lowest BCUT2D eigenvalue weighted by Gasteiger charge is -2.27. The summed E-state index contributed by atoms with van der Waals surface area (Å²) in [7, 11) is 3.59. The molecule has 0 atom stereocenters. The van der Waals surface area contributed by atoms with E-state index in [1.54, 1.807) is 23.9 Å². The molecule has 150 valence electrons. The maximum Gasteiger partial charge on any atom is 0.276 e. The molecule has 6 nitrogen and oxygen atoms in total. The van der Waals surface area contributed by atoms with Gasteiger partial charge in [0.15, 0.2) is 0 Å². The highest BCUT2D eigenvalue weighted by Gasteiger charge is 2.28. The fraction of sp³-hybridized carbons (Fsp3) is 0.238. The molecule has 0 aliphatic carbocycles. The summed E-state index contributed by atoms with van der Waals surface area (Å²) in [6.07, 6.45) is 0. The normalized spacial score (nSPS) is 13.4. The van der Waals surface area contributed by atoms with Gasteiger partial charge in [0.05, 0.1) is 25.9 Å². The number of benzene rings is 2. The number of nitrogens with zero attached hydrogens (tertiary/aromatic N) is 4. The number of carbonyl (C=O) groups excluding carboxylic acids is 1. The number of hydrogen-bond acceptors (Lipinski definition) is 4. The molecule has 1 aliphatic heterocycles. The average Bonchev–Trinajstić information content (AvgIpc) is 3.11. The first-order valence-corrected chi connectivity index (χ1v) is 9.52. The van der Waals surface area contributed by atoms with E-state index >= 15 is 0 Å². The van der Waals surface area contributed by atoms with E-state index in [1.807, 2.05) is 36.2 Å². The number of ether oxygens (including phenoxy) is 1. The maximum atomic E-state index is 13.7. The number of amides is 1. The Labute approximate surface area is 173 Å². The van der Waals surface area contributed by atoms with Crippen LogP contribution in [-0.2, 0) is 13.1 Å². The average molecular weight is 415 g/mol. The quantitative estimate of drug-likeness (QED) is 0.633. The van der Waals surface area contributed by atoms with E-state index in [4.69, 9.17) is 16.3 Å². The zero-order valence-corrected chi connectivity index (χ0v) is 16.9. The van der Waals surface area contributed by atoms with Crippen molar-refractivity contribution in [3.8, 4) is 5.75 Å². The van der Waals surface area contributed by atoms with Crippen molar-refractivity contribution >= 4 is 28.9 Å². The van der Waals surface area contributed by atoms with Crippen LogP contribution >= 0.6 is 11.6 Å². The predicted octanol–water partition coefficient (Wildman–Crippen LogP) is 3.98. The van der Waals surface area contributed by atoms with Crippen LogP contribution in [0.25, 0.3) is 0 Å². The third-order valence-corrected chi connectivity index (χ3v) is 5.12. The molecule has 0 N–H and O–H groups in total. The summed E-state index contributed by atoms with van der Waals surface area (Å²) in [4.78, 5) is 16.5. The molecule has 0 saturated heterocycles. The zero-order chi connectivity index (χ0) is 20.5. The van der Waals surface area contributed by atoms with Crippen LogP contribution in [0.1, 0.15) is 16.2 Å². The van der Waals surface area contributed by atoms with E-state index in [1.165, 1.54) is 17.0 Å². The molecule has 2 aromatic carbocycles. The van der Waals surface area contributed by atoms with E-state index in [9.17, 15) is 9.18 Å². The number of anilines is 2. The topological polar surface area (TPSA) is 50.6 Å². The van der Waals surface area contributed by atoms with Crippen molar-refractivity contribution in [2.75, 3.05) is 30.5 Å². The van der Waals surface area contributed by atoms with Crippen molar-refractivity contribution in [3.05, 3.63) is 70.8 Å². The Morgan fingerprint density at radius 2 is 1.93 bits per heavy atom. The maximum absolute atomic E-state index is 13.7. The monoisotopic (exact) mass is 414 g/mol. The van der Waals surface area contributed by atoms with E-state index in [-0.39, 0.29) is 10.9 Å². The van der Waals surface area contributed by atoms with Crippen LogP contribution in [0.4, 0.5) is 15.8 Å². The number of fused-ring (bicyclic) bond motifs is 1. The van der Waals surface area contributed by atoms with E-state index in [2.05, 4.69) is 5.10 Å². The van der Waals surface area contributed by atoms with Crippen LogP contribution in [0.3, 0.4) is 0 Å². The summed E-state index contributed by atoms with van der Waals surface area (Å²) in [5.74, 6) is 0.104. The molecule has 2 heterocycles. The molecule has 1 amide bonds. The first-order valence-electron chi connectivity index (χ1n) is 9.14. The largest absolute Gasteiger partial charge is 0.497 e. The third-order valence-electron chi connectivity index (χ3n) is 4.90. The summed E-state index contributed by atoms with van der Waals surface area (Å²) >= 11 is 5.95. The van der Waals surface area contributed by atoms with Crippen molar-refractivity contribution in [3.63, 3.8) is 0 Å². The van der Waals surface area contributed by atoms with Gasteiger partial charge in [0.2, 0.25) is 0 Å². The molecule has 0 saturated carbocycles. The molecule has 0 fully saturated rings. The molecular weight excluding hydrogens is 395 g/mol. The molecular formula is C21H20ClFN4O2. The summed E-state index contributed by atoms with van der Waals surface area (Å²) < 4.78 is 20.6. The van der Waals surface area contributed by atoms with Crippen LogP contribution < -0.4 is 14.5 Å². The van der Waals surface area contributed by atoms with Gasteiger partial charge in [0, 0.05) is 30.0 Å². The second-order valence-electron chi connectivity index (χ2n) is 6.88. The van der Waals surface area contributed by atoms with Gasteiger partial charge in [0.25, 0.3) is 5.91 Å². The smallest absolute Gasteiger partial charge is 0.276 e. The molecule has 0 radical (unpaired) electrons. The Bertz CT molecular complexity index is 1030. The zero-order valence-electron chi connectivity index (χ0n) is 16.1. The molecule has 3 aromatic rings. The van der Waals surface area contributed by atoms with Crippen LogP contribution in [0.5, 0.6) is 5.75 Å². The highest BCUT2D eigenvalue weighted by Crippen LogP contribution is 2.26. The highest BCUT2D eigenvalue weighted by atomic mass is 35.5. The van der Waals surface area contributed by atoms with Crippen LogP contribution in [0.2, 0.25) is 5.02 Å². The SMILES string of the molecule is COc1ccc(N(C)Cc2cc3n(n2)CCN(c2cc(F)cc(Cl)c2)C3=O)cc1. The molecule has 8 heteroatoms. The summed E-state index contributed by atoms with van der Waals surface area (Å²) in [5.41, 5.74) is 2.73. The van der Waals surface area contributed by atoms with Crippen molar-refractivity contribution < 1.29 is 13.9 Å². The fourth-order valence-electron chi connectivity index (χ4n) is 3.44. The third kappa shape index (κ3) is 3.91. The van der Waals surface area contributed by atoms with Gasteiger partial charge in [-0.25, -0.2) is 4.39 Å². The number of rotatable bonds is 5. The van der Waals surface area contributed by atoms with Gasteiger partial charge in [0.1, 0.15) is 17.3 Å². The number of carbonyl (C=O) groups is 1. The lowest BCUT2D eigenvalue weighted by molar-refractivity contribution is 0.0962. The van der Waals surface area contributed by atoms with Gasteiger partial charge in [-0.3, -0.25) is 9.48 Å². The molecule has 29 heavy (non-hydrogen) atoms. The predicted molar refractivity (Wildman–Crippen MR) is 110 cm³/mol. The second kappa shape index (κ2) is 7.75. The van der Waals surface area contributed by atoms with Gasteiger partial charge in [-0.1, -0.05) is 11.6 Å². The molecule has 0 unspecified atom stereocenters. The van der Waals surface area contributed by atoms with E-state index < -0.39 is 5.82 Å². The highest BCUT2D eigenvalue weighted by molar-refractivity contribution is 6.31. The number of aromatic nitrogens is 2. The van der Waals surface area contributed by atoms with Crippen LogP contribution in [-0.4, -0.2) is 36.4 Å². The minimum absolute atomic E-state index is 0.219. The lowest BCUT2D eigenvalue weighted by Crippen LogP contribution is -2.40. The fourth-order valence-corrected chi connectivity index (χ4v) is 3.65. The Kier molecular flexibility index (Phi) is 5.15. The summed E-state index contributed by atoms with van der Waals surface area (Å²) in [5, 5.41) is 4.82. The van der Waals surface area contributed by atoms with Gasteiger partial charge in [-0.2, -0.15) is 5.10 Å². The van der Waals surface area contributed by atoms with Crippen LogP contribution in [0.15, 0.2) is 48.5 Å². The van der Waals surface area contributed by atoms with Gasteiger partial charge >= 0.3 is 0 Å². The second-order valence-corrected chi connectivity index (χ2v) is 7.32. The lowest BCUT2D eigenvalue weighted by atomic mass is 10.2. The van der Waals surface area contributed by atoms with Crippen molar-refractivity contribution in [2.45, 2.75) is 13.1 Å². The molecule has 1 aromatic heterocycles. The summed E-state index contributed by atoms with van der Waals surface area (Å²) in [6.45, 7) is 1.48. The Hall–Kier alpha value is -3.06. The van der Waals surface area contributed by atoms with Gasteiger partial charge in [-0.05, 0) is 48.5 Å². The molecule has 1 aliphatic rings. The Morgan fingerprint density at radius 1 is 1.17 bits per heavy atom. The van der Waals surface area contributed by atoms with Crippen molar-refractivity contribution in [2.24, 2.45) is 0 Å². The minimum Gasteiger partial charge on any atom is -0.497 e. The molecule has 4 rings (SSSR count). The van der Waals surface area contributed by atoms with Gasteiger partial charge in [-0.15, -0.1) is 0 Å².